The van der Waals surface area contributed by atoms with Crippen molar-refractivity contribution in [3.05, 3.63) is 52.3 Å². The van der Waals surface area contributed by atoms with Gasteiger partial charge in [0.25, 0.3) is 0 Å². The fourth-order valence-electron chi connectivity index (χ4n) is 2.52. The van der Waals surface area contributed by atoms with Crippen molar-refractivity contribution in [2.75, 3.05) is 13.2 Å². The van der Waals surface area contributed by atoms with Crippen LogP contribution in [0.25, 0.3) is 0 Å². The van der Waals surface area contributed by atoms with Crippen LogP contribution in [0.4, 0.5) is 8.78 Å². The summed E-state index contributed by atoms with van der Waals surface area (Å²) in [5.41, 5.74) is 2.81. The summed E-state index contributed by atoms with van der Waals surface area (Å²) >= 11 is 0. The van der Waals surface area contributed by atoms with Gasteiger partial charge in [0.15, 0.2) is 0 Å². The first-order chi connectivity index (χ1) is 10.9. The molecule has 1 aromatic heterocycles. The van der Waals surface area contributed by atoms with E-state index in [0.717, 1.165) is 29.1 Å². The van der Waals surface area contributed by atoms with Crippen molar-refractivity contribution >= 4 is 0 Å². The lowest BCUT2D eigenvalue weighted by Crippen LogP contribution is -2.22. The molecule has 0 bridgehead atoms. The third kappa shape index (κ3) is 4.13. The van der Waals surface area contributed by atoms with E-state index in [4.69, 9.17) is 5.11 Å². The molecule has 0 aliphatic carbocycles. The molecule has 5 nitrogen and oxygen atoms in total. The number of hydrogen-bond donors (Lipinski definition) is 3. The van der Waals surface area contributed by atoms with E-state index in [2.05, 4.69) is 10.4 Å². The summed E-state index contributed by atoms with van der Waals surface area (Å²) < 4.78 is 28.2. The van der Waals surface area contributed by atoms with Gasteiger partial charge in [-0.3, -0.25) is 4.68 Å². The predicted molar refractivity (Wildman–Crippen MR) is 81.8 cm³/mol. The quantitative estimate of drug-likeness (QED) is 0.723. The number of aryl methyl sites for hydroxylation is 1. The number of nitrogens with zero attached hydrogens (tertiary/aromatic N) is 2. The predicted octanol–water partition coefficient (Wildman–Crippen LogP) is 1.59. The fourth-order valence-corrected chi connectivity index (χ4v) is 2.52. The second-order valence-electron chi connectivity index (χ2n) is 5.41. The van der Waals surface area contributed by atoms with Gasteiger partial charge in [-0.05, 0) is 19.9 Å². The van der Waals surface area contributed by atoms with Crippen LogP contribution in [0.15, 0.2) is 18.2 Å². The summed E-state index contributed by atoms with van der Waals surface area (Å²) in [6.45, 7) is 4.81. The lowest BCUT2D eigenvalue weighted by molar-refractivity contribution is 0.169. The van der Waals surface area contributed by atoms with Gasteiger partial charge in [-0.2, -0.15) is 5.10 Å². The van der Waals surface area contributed by atoms with E-state index in [-0.39, 0.29) is 18.7 Å². The molecular weight excluding hydrogens is 304 g/mol. The maximum absolute atomic E-state index is 13.6. The minimum absolute atomic E-state index is 0.0113. The van der Waals surface area contributed by atoms with Gasteiger partial charge in [0.1, 0.15) is 11.6 Å². The highest BCUT2D eigenvalue weighted by atomic mass is 19.1. The van der Waals surface area contributed by atoms with Crippen molar-refractivity contribution in [2.45, 2.75) is 33.0 Å². The molecule has 1 aromatic carbocycles. The monoisotopic (exact) mass is 325 g/mol. The summed E-state index contributed by atoms with van der Waals surface area (Å²) in [5.74, 6) is -1.43. The van der Waals surface area contributed by atoms with Gasteiger partial charge in [-0.15, -0.1) is 0 Å². The molecule has 0 radical (unpaired) electrons. The highest BCUT2D eigenvalue weighted by molar-refractivity contribution is 5.25. The zero-order chi connectivity index (χ0) is 17.0. The van der Waals surface area contributed by atoms with Crippen LogP contribution in [-0.4, -0.2) is 33.1 Å². The molecule has 23 heavy (non-hydrogen) atoms. The first-order valence-corrected chi connectivity index (χ1v) is 7.41. The maximum Gasteiger partial charge on any atom is 0.131 e. The number of halogens is 2. The van der Waals surface area contributed by atoms with E-state index in [1.54, 1.807) is 4.68 Å². The first kappa shape index (κ1) is 17.5. The topological polar surface area (TPSA) is 70.3 Å². The molecule has 3 N–H and O–H groups in total. The summed E-state index contributed by atoms with van der Waals surface area (Å²) in [5, 5.41) is 26.4. The molecule has 0 aliphatic rings. The molecule has 0 aliphatic heterocycles. The minimum Gasteiger partial charge on any atom is -0.394 e. The summed E-state index contributed by atoms with van der Waals surface area (Å²) in [7, 11) is 0. The molecule has 0 saturated heterocycles. The van der Waals surface area contributed by atoms with E-state index in [1.165, 1.54) is 6.07 Å². The molecule has 0 spiro atoms. The summed E-state index contributed by atoms with van der Waals surface area (Å²) in [4.78, 5) is 0. The number of benzene rings is 1. The molecule has 0 unspecified atom stereocenters. The highest BCUT2D eigenvalue weighted by Gasteiger charge is 2.15. The zero-order valence-electron chi connectivity index (χ0n) is 13.2. The van der Waals surface area contributed by atoms with Gasteiger partial charge in [0.2, 0.25) is 0 Å². The molecule has 1 atom stereocenters. The van der Waals surface area contributed by atoms with Crippen molar-refractivity contribution in [3.8, 4) is 0 Å². The van der Waals surface area contributed by atoms with Gasteiger partial charge in [0, 0.05) is 36.0 Å². The van der Waals surface area contributed by atoms with Crippen LogP contribution in [0.1, 0.15) is 28.6 Å². The summed E-state index contributed by atoms with van der Waals surface area (Å²) in [6.07, 6.45) is -1.07. The Labute approximate surface area is 133 Å². The van der Waals surface area contributed by atoms with E-state index in [9.17, 15) is 13.9 Å². The molecular formula is C16H21F2N3O2. The first-order valence-electron chi connectivity index (χ1n) is 7.41. The molecule has 0 amide bonds. The van der Waals surface area contributed by atoms with Crippen LogP contribution in [0.2, 0.25) is 0 Å². The van der Waals surface area contributed by atoms with E-state index in [1.807, 2.05) is 13.8 Å². The van der Waals surface area contributed by atoms with Gasteiger partial charge in [-0.1, -0.05) is 6.07 Å². The molecule has 2 rings (SSSR count). The fraction of sp³-hybridized carbons (Fsp3) is 0.438. The molecule has 7 heteroatoms. The Morgan fingerprint density at radius 1 is 1.30 bits per heavy atom. The van der Waals surface area contributed by atoms with Gasteiger partial charge < -0.3 is 15.5 Å². The Morgan fingerprint density at radius 3 is 2.70 bits per heavy atom. The lowest BCUT2D eigenvalue weighted by atomic mass is 10.1. The number of aliphatic hydroxyl groups is 2. The largest absolute Gasteiger partial charge is 0.394 e. The molecule has 0 saturated carbocycles. The van der Waals surface area contributed by atoms with Crippen molar-refractivity contribution in [2.24, 2.45) is 0 Å². The van der Waals surface area contributed by atoms with Crippen molar-refractivity contribution in [1.29, 1.82) is 0 Å². The number of rotatable bonds is 7. The van der Waals surface area contributed by atoms with Crippen LogP contribution in [0.5, 0.6) is 0 Å². The highest BCUT2D eigenvalue weighted by Crippen LogP contribution is 2.18. The molecule has 0 fully saturated rings. The molecule has 126 valence electrons. The van der Waals surface area contributed by atoms with Crippen LogP contribution >= 0.6 is 0 Å². The summed E-state index contributed by atoms with van der Waals surface area (Å²) in [6, 6.07) is 3.12. The third-order valence-corrected chi connectivity index (χ3v) is 3.80. The van der Waals surface area contributed by atoms with E-state index >= 15 is 0 Å². The van der Waals surface area contributed by atoms with E-state index < -0.39 is 17.7 Å². The Morgan fingerprint density at radius 2 is 2.04 bits per heavy atom. The van der Waals surface area contributed by atoms with Gasteiger partial charge >= 0.3 is 0 Å². The second kappa shape index (κ2) is 7.63. The van der Waals surface area contributed by atoms with Crippen molar-refractivity contribution in [3.63, 3.8) is 0 Å². The Bertz CT molecular complexity index is 674. The number of hydrogen-bond acceptors (Lipinski definition) is 4. The molecule has 2 aromatic rings. The number of nitrogens with one attached hydrogen (secondary N) is 1. The normalized spacial score (nSPS) is 12.6. The SMILES string of the molecule is Cc1nn(CCO)c(C)c1CNC[C@@H](O)c1ccc(F)cc1F. The Hall–Kier alpha value is -1.83. The Kier molecular flexibility index (Phi) is 5.81. The van der Waals surface area contributed by atoms with Crippen LogP contribution < -0.4 is 5.32 Å². The minimum atomic E-state index is -1.07. The molecule has 1 heterocycles. The lowest BCUT2D eigenvalue weighted by Gasteiger charge is -2.13. The number of aliphatic hydroxyl groups excluding tert-OH is 2. The number of aromatic nitrogens is 2. The van der Waals surface area contributed by atoms with Crippen LogP contribution in [0.3, 0.4) is 0 Å². The van der Waals surface area contributed by atoms with Gasteiger partial charge in [-0.25, -0.2) is 8.78 Å². The van der Waals surface area contributed by atoms with E-state index in [0.29, 0.717) is 13.1 Å². The Balaban J connectivity index is 1.97. The average molecular weight is 325 g/mol. The smallest absolute Gasteiger partial charge is 0.131 e. The maximum atomic E-state index is 13.6. The van der Waals surface area contributed by atoms with Gasteiger partial charge in [0.05, 0.1) is 24.9 Å². The average Bonchev–Trinajstić information content (AvgIpc) is 2.75. The standard InChI is InChI=1S/C16H21F2N3O2/c1-10-14(11(2)21(20-10)5-6-22)8-19-9-16(23)13-4-3-12(17)7-15(13)18/h3-4,7,16,19,22-23H,5-6,8-9H2,1-2H3/t16-/m1/s1. The van der Waals surface area contributed by atoms with Crippen molar-refractivity contribution in [1.82, 2.24) is 15.1 Å². The zero-order valence-corrected chi connectivity index (χ0v) is 13.2. The third-order valence-electron chi connectivity index (χ3n) is 3.80. The second-order valence-corrected chi connectivity index (χ2v) is 5.41. The van der Waals surface area contributed by atoms with Crippen LogP contribution in [-0.2, 0) is 13.1 Å². The van der Waals surface area contributed by atoms with Crippen molar-refractivity contribution < 1.29 is 19.0 Å². The van der Waals surface area contributed by atoms with Crippen LogP contribution in [0, 0.1) is 25.5 Å².